The lowest BCUT2D eigenvalue weighted by Gasteiger charge is -2.42. The number of nitrogens with zero attached hydrogens (tertiary/aromatic N) is 2. The normalized spacial score (nSPS) is 31.9. The van der Waals surface area contributed by atoms with Crippen LogP contribution in [0.15, 0.2) is 42.6 Å². The second kappa shape index (κ2) is 9.01. The fourth-order valence-corrected chi connectivity index (χ4v) is 5.97. The van der Waals surface area contributed by atoms with E-state index in [1.54, 1.807) is 0 Å². The van der Waals surface area contributed by atoms with Crippen LogP contribution >= 0.6 is 0 Å². The maximum absolute atomic E-state index is 13.4. The Morgan fingerprint density at radius 1 is 1.12 bits per heavy atom. The molecule has 5 heteroatoms. The summed E-state index contributed by atoms with van der Waals surface area (Å²) >= 11 is 0. The summed E-state index contributed by atoms with van der Waals surface area (Å²) < 4.78 is 6.54. The van der Waals surface area contributed by atoms with Crippen LogP contribution in [-0.2, 0) is 9.53 Å². The summed E-state index contributed by atoms with van der Waals surface area (Å²) in [4.78, 5) is 15.5. The Labute approximate surface area is 191 Å². The number of piperidine rings is 1. The van der Waals surface area contributed by atoms with Crippen molar-refractivity contribution in [1.82, 2.24) is 15.1 Å². The second-order valence-corrected chi connectivity index (χ2v) is 10.8. The Kier molecular flexibility index (Phi) is 6.11. The Morgan fingerprint density at radius 3 is 2.53 bits per heavy atom. The Bertz CT molecular complexity index is 887. The van der Waals surface area contributed by atoms with Gasteiger partial charge in [0, 0.05) is 24.6 Å². The highest BCUT2D eigenvalue weighted by atomic mass is 16.5. The smallest absolute Gasteiger partial charge is 0.226 e. The molecule has 32 heavy (non-hydrogen) atoms. The summed E-state index contributed by atoms with van der Waals surface area (Å²) in [7, 11) is 0. The van der Waals surface area contributed by atoms with Crippen molar-refractivity contribution >= 4 is 5.91 Å². The predicted octanol–water partition coefficient (Wildman–Crippen LogP) is 5.27. The fourth-order valence-electron chi connectivity index (χ4n) is 5.97. The molecule has 0 radical (unpaired) electrons. The molecule has 0 unspecified atom stereocenters. The maximum Gasteiger partial charge on any atom is 0.226 e. The number of hydrogen-bond acceptors (Lipinski definition) is 3. The van der Waals surface area contributed by atoms with E-state index < -0.39 is 0 Å². The zero-order valence-electron chi connectivity index (χ0n) is 19.5. The highest BCUT2D eigenvalue weighted by Gasteiger charge is 2.53. The fraction of sp³-hybridized carbons (Fsp3) is 0.630. The van der Waals surface area contributed by atoms with Crippen molar-refractivity contribution in [2.24, 2.45) is 11.3 Å². The third-order valence-corrected chi connectivity index (χ3v) is 8.22. The van der Waals surface area contributed by atoms with Crippen LogP contribution in [0.4, 0.5) is 0 Å². The van der Waals surface area contributed by atoms with E-state index >= 15 is 0 Å². The van der Waals surface area contributed by atoms with Crippen LogP contribution in [0.25, 0.3) is 0 Å². The highest BCUT2D eigenvalue weighted by Crippen LogP contribution is 2.53. The minimum Gasteiger partial charge on any atom is -0.376 e. The van der Waals surface area contributed by atoms with Crippen LogP contribution < -0.4 is 0 Å². The SMILES string of the molecule is CC1(C)C[C@H]1C(=O)N1CCC[C@H](c2cc[nH]n2)[C@@H]1CO[C@H]1CC[C@@H](c2ccccc2)CC1. The molecule has 0 bridgehead atoms. The Balaban J connectivity index is 1.24. The van der Waals surface area contributed by atoms with Crippen LogP contribution in [-0.4, -0.2) is 46.3 Å². The number of rotatable bonds is 6. The number of ether oxygens (including phenoxy) is 1. The van der Waals surface area contributed by atoms with Gasteiger partial charge in [0.2, 0.25) is 5.91 Å². The van der Waals surface area contributed by atoms with Crippen molar-refractivity contribution in [3.05, 3.63) is 53.9 Å². The molecule has 2 heterocycles. The first-order valence-electron chi connectivity index (χ1n) is 12.5. The minimum atomic E-state index is 0.0859. The number of aromatic amines is 1. The zero-order valence-corrected chi connectivity index (χ0v) is 19.5. The quantitative estimate of drug-likeness (QED) is 0.672. The van der Waals surface area contributed by atoms with Gasteiger partial charge in [-0.25, -0.2) is 0 Å². The topological polar surface area (TPSA) is 58.2 Å². The summed E-state index contributed by atoms with van der Waals surface area (Å²) in [6, 6.07) is 13.0. The molecular weight excluding hydrogens is 398 g/mol. The van der Waals surface area contributed by atoms with Crippen molar-refractivity contribution in [2.45, 2.75) is 82.8 Å². The van der Waals surface area contributed by atoms with Gasteiger partial charge in [-0.2, -0.15) is 5.10 Å². The van der Waals surface area contributed by atoms with Crippen LogP contribution in [0, 0.1) is 11.3 Å². The molecule has 1 aromatic heterocycles. The van der Waals surface area contributed by atoms with Crippen molar-refractivity contribution in [3.8, 4) is 0 Å². The van der Waals surface area contributed by atoms with Crippen LogP contribution in [0.1, 0.15) is 81.9 Å². The molecule has 0 spiro atoms. The summed E-state index contributed by atoms with van der Waals surface area (Å²) in [5, 5.41) is 7.46. The molecule has 5 nitrogen and oxygen atoms in total. The van der Waals surface area contributed by atoms with Gasteiger partial charge in [0.05, 0.1) is 24.4 Å². The molecule has 3 aliphatic rings. The summed E-state index contributed by atoms with van der Waals surface area (Å²) in [6.07, 6.45) is 9.86. The summed E-state index contributed by atoms with van der Waals surface area (Å²) in [5.41, 5.74) is 2.68. The monoisotopic (exact) mass is 435 g/mol. The molecule has 1 amide bonds. The number of benzene rings is 1. The number of hydrogen-bond donors (Lipinski definition) is 1. The van der Waals surface area contributed by atoms with Gasteiger partial charge in [0.25, 0.3) is 0 Å². The standard InChI is InChI=1S/C27H37N3O2/c1-27(2)17-23(27)26(31)30-16-6-9-22(24-14-15-28-29-24)25(30)18-32-21-12-10-20(11-13-21)19-7-4-3-5-8-19/h3-5,7-8,14-15,20-23,25H,6,9-13,16-18H2,1-2H3,(H,28,29)/t20-,21+,22-,23+,25+/m1/s1. The van der Waals surface area contributed by atoms with E-state index in [0.29, 0.717) is 24.5 Å². The molecule has 2 saturated carbocycles. The number of carbonyl (C=O) groups excluding carboxylic acids is 1. The molecule has 1 N–H and O–H groups in total. The van der Waals surface area contributed by atoms with Crippen molar-refractivity contribution < 1.29 is 9.53 Å². The third-order valence-electron chi connectivity index (χ3n) is 8.22. The Hall–Kier alpha value is -2.14. The van der Waals surface area contributed by atoms with Gasteiger partial charge >= 0.3 is 0 Å². The van der Waals surface area contributed by atoms with Crippen molar-refractivity contribution in [2.75, 3.05) is 13.2 Å². The average Bonchev–Trinajstić information content (AvgIpc) is 3.20. The number of carbonyl (C=O) groups is 1. The largest absolute Gasteiger partial charge is 0.376 e. The van der Waals surface area contributed by atoms with E-state index in [-0.39, 0.29) is 23.3 Å². The van der Waals surface area contributed by atoms with Crippen LogP contribution in [0.5, 0.6) is 0 Å². The van der Waals surface area contributed by atoms with E-state index in [9.17, 15) is 4.79 Å². The van der Waals surface area contributed by atoms with E-state index in [1.165, 1.54) is 18.4 Å². The van der Waals surface area contributed by atoms with E-state index in [0.717, 1.165) is 44.3 Å². The highest BCUT2D eigenvalue weighted by molar-refractivity contribution is 5.83. The number of amides is 1. The lowest BCUT2D eigenvalue weighted by Crippen LogP contribution is -2.51. The van der Waals surface area contributed by atoms with Gasteiger partial charge in [-0.15, -0.1) is 0 Å². The second-order valence-electron chi connectivity index (χ2n) is 10.8. The number of aromatic nitrogens is 2. The lowest BCUT2D eigenvalue weighted by atomic mass is 9.82. The Morgan fingerprint density at radius 2 is 1.88 bits per heavy atom. The molecular formula is C27H37N3O2. The third kappa shape index (κ3) is 4.50. The molecule has 3 atom stereocenters. The first-order chi connectivity index (χ1) is 15.5. The lowest BCUT2D eigenvalue weighted by molar-refractivity contribution is -0.140. The first-order valence-corrected chi connectivity index (χ1v) is 12.5. The molecule has 3 fully saturated rings. The maximum atomic E-state index is 13.4. The molecule has 1 aromatic carbocycles. The molecule has 2 aromatic rings. The zero-order chi connectivity index (χ0) is 22.1. The van der Waals surface area contributed by atoms with Gasteiger partial charge in [0.15, 0.2) is 0 Å². The van der Waals surface area contributed by atoms with Gasteiger partial charge in [-0.1, -0.05) is 44.2 Å². The summed E-state index contributed by atoms with van der Waals surface area (Å²) in [6.45, 7) is 5.89. The van der Waals surface area contributed by atoms with Crippen molar-refractivity contribution in [3.63, 3.8) is 0 Å². The molecule has 172 valence electrons. The predicted molar refractivity (Wildman–Crippen MR) is 125 cm³/mol. The van der Waals surface area contributed by atoms with E-state index in [1.807, 2.05) is 6.20 Å². The van der Waals surface area contributed by atoms with Crippen LogP contribution in [0.2, 0.25) is 0 Å². The average molecular weight is 436 g/mol. The molecule has 2 aliphatic carbocycles. The number of H-pyrrole nitrogens is 1. The summed E-state index contributed by atoms with van der Waals surface area (Å²) in [5.74, 6) is 1.40. The minimum absolute atomic E-state index is 0.0859. The van der Waals surface area contributed by atoms with E-state index in [4.69, 9.17) is 4.74 Å². The van der Waals surface area contributed by atoms with Crippen molar-refractivity contribution in [1.29, 1.82) is 0 Å². The van der Waals surface area contributed by atoms with E-state index in [2.05, 4.69) is 65.3 Å². The van der Waals surface area contributed by atoms with Crippen LogP contribution in [0.3, 0.4) is 0 Å². The number of nitrogens with one attached hydrogen (secondary N) is 1. The number of likely N-dealkylation sites (tertiary alicyclic amines) is 1. The van der Waals surface area contributed by atoms with Gasteiger partial charge in [0.1, 0.15) is 0 Å². The first kappa shape index (κ1) is 21.7. The molecule has 5 rings (SSSR count). The van der Waals surface area contributed by atoms with Gasteiger partial charge in [-0.05, 0) is 67.9 Å². The molecule has 1 aliphatic heterocycles. The van der Waals surface area contributed by atoms with Gasteiger partial charge < -0.3 is 9.64 Å². The molecule has 1 saturated heterocycles. The van der Waals surface area contributed by atoms with Gasteiger partial charge in [-0.3, -0.25) is 9.89 Å².